The van der Waals surface area contributed by atoms with Crippen LogP contribution < -0.4 is 10.6 Å². The van der Waals surface area contributed by atoms with Crippen molar-refractivity contribution in [2.24, 2.45) is 0 Å². The Morgan fingerprint density at radius 2 is 1.80 bits per heavy atom. The van der Waals surface area contributed by atoms with E-state index >= 15 is 0 Å². The number of amides is 3. The molecule has 0 radical (unpaired) electrons. The third-order valence-corrected chi connectivity index (χ3v) is 3.76. The second-order valence-electron chi connectivity index (χ2n) is 8.90. The average Bonchev–Trinajstić information content (AvgIpc) is 2.57. The highest BCUT2D eigenvalue weighted by molar-refractivity contribution is 5.92. The topological polar surface area (TPSA) is 108 Å². The SMILES string of the molecule is C#CN(C(=O)CNC(=O)OC(C)(C)C)C(C(=O)NC(C)(C)C)c1cccc(C)c1O. The molecule has 0 saturated carbocycles. The number of hydrogen-bond donors (Lipinski definition) is 3. The van der Waals surface area contributed by atoms with Crippen LogP contribution >= 0.6 is 0 Å². The molecule has 0 saturated heterocycles. The number of ether oxygens (including phenoxy) is 1. The molecule has 0 aliphatic heterocycles. The summed E-state index contributed by atoms with van der Waals surface area (Å²) in [6.45, 7) is 11.6. The highest BCUT2D eigenvalue weighted by atomic mass is 16.6. The highest BCUT2D eigenvalue weighted by Gasteiger charge is 2.35. The summed E-state index contributed by atoms with van der Waals surface area (Å²) in [5.74, 6) is -1.41. The monoisotopic (exact) mass is 417 g/mol. The van der Waals surface area contributed by atoms with Crippen molar-refractivity contribution in [3.8, 4) is 18.2 Å². The number of nitrogens with one attached hydrogen (secondary N) is 2. The Morgan fingerprint density at radius 1 is 1.20 bits per heavy atom. The summed E-state index contributed by atoms with van der Waals surface area (Å²) in [6.07, 6.45) is 4.77. The summed E-state index contributed by atoms with van der Waals surface area (Å²) in [5, 5.41) is 15.6. The number of phenolic OH excluding ortho intramolecular Hbond substituents is 1. The van der Waals surface area contributed by atoms with Gasteiger partial charge in [0.2, 0.25) is 5.91 Å². The van der Waals surface area contributed by atoms with Crippen molar-refractivity contribution in [3.63, 3.8) is 0 Å². The molecule has 0 bridgehead atoms. The average molecular weight is 418 g/mol. The van der Waals surface area contributed by atoms with Gasteiger partial charge in [0, 0.05) is 17.1 Å². The number of carbonyl (C=O) groups is 3. The quantitative estimate of drug-likeness (QED) is 0.504. The number of terminal acetylenes is 1. The normalized spacial score (nSPS) is 12.3. The van der Waals surface area contributed by atoms with Gasteiger partial charge in [-0.15, -0.1) is 0 Å². The molecule has 0 fully saturated rings. The van der Waals surface area contributed by atoms with E-state index in [1.165, 1.54) is 6.07 Å². The number of rotatable bonds is 5. The lowest BCUT2D eigenvalue weighted by molar-refractivity contribution is -0.137. The number of phenols is 1. The minimum atomic E-state index is -1.29. The van der Waals surface area contributed by atoms with E-state index in [4.69, 9.17) is 11.2 Å². The van der Waals surface area contributed by atoms with Crippen molar-refractivity contribution in [1.82, 2.24) is 15.5 Å². The Kier molecular flexibility index (Phi) is 7.88. The van der Waals surface area contributed by atoms with Crippen LogP contribution in [0.5, 0.6) is 5.75 Å². The van der Waals surface area contributed by atoms with Crippen molar-refractivity contribution >= 4 is 17.9 Å². The van der Waals surface area contributed by atoms with Crippen LogP contribution in [-0.4, -0.2) is 45.6 Å². The molecular formula is C22H31N3O5. The van der Waals surface area contributed by atoms with Crippen LogP contribution in [0.2, 0.25) is 0 Å². The third kappa shape index (κ3) is 7.32. The molecule has 1 rings (SSSR count). The molecular weight excluding hydrogens is 386 g/mol. The molecule has 8 nitrogen and oxygen atoms in total. The number of para-hydroxylation sites is 1. The van der Waals surface area contributed by atoms with Gasteiger partial charge >= 0.3 is 6.09 Å². The van der Waals surface area contributed by atoms with E-state index in [1.807, 2.05) is 0 Å². The molecule has 30 heavy (non-hydrogen) atoms. The molecule has 1 aromatic carbocycles. The van der Waals surface area contributed by atoms with E-state index in [0.717, 1.165) is 4.90 Å². The molecule has 3 amide bonds. The van der Waals surface area contributed by atoms with Crippen LogP contribution in [0.15, 0.2) is 18.2 Å². The van der Waals surface area contributed by atoms with Gasteiger partial charge in [0.15, 0.2) is 6.04 Å². The second-order valence-corrected chi connectivity index (χ2v) is 8.90. The van der Waals surface area contributed by atoms with Gasteiger partial charge in [0.25, 0.3) is 5.91 Å². The number of aryl methyl sites for hydroxylation is 1. The molecule has 1 atom stereocenters. The Hall–Kier alpha value is -3.21. The first-order valence-corrected chi connectivity index (χ1v) is 9.52. The van der Waals surface area contributed by atoms with Gasteiger partial charge < -0.3 is 20.5 Å². The van der Waals surface area contributed by atoms with Crippen molar-refractivity contribution in [2.75, 3.05) is 6.54 Å². The first kappa shape index (κ1) is 24.8. The fourth-order valence-corrected chi connectivity index (χ4v) is 2.58. The lowest BCUT2D eigenvalue weighted by atomic mass is 9.99. The van der Waals surface area contributed by atoms with Crippen LogP contribution in [0.3, 0.4) is 0 Å². The summed E-state index contributed by atoms with van der Waals surface area (Å²) in [7, 11) is 0. The third-order valence-electron chi connectivity index (χ3n) is 3.76. The van der Waals surface area contributed by atoms with Crippen LogP contribution in [0.25, 0.3) is 0 Å². The van der Waals surface area contributed by atoms with Crippen molar-refractivity contribution in [3.05, 3.63) is 29.3 Å². The number of hydrogen-bond acceptors (Lipinski definition) is 5. The number of nitrogens with zero attached hydrogens (tertiary/aromatic N) is 1. The van der Waals surface area contributed by atoms with Crippen LogP contribution in [0.1, 0.15) is 58.7 Å². The lowest BCUT2D eigenvalue weighted by Gasteiger charge is -2.30. The summed E-state index contributed by atoms with van der Waals surface area (Å²) in [6, 6.07) is 5.76. The van der Waals surface area contributed by atoms with E-state index in [9.17, 15) is 19.5 Å². The van der Waals surface area contributed by atoms with E-state index in [1.54, 1.807) is 60.6 Å². The van der Waals surface area contributed by atoms with Gasteiger partial charge in [0.05, 0.1) is 0 Å². The van der Waals surface area contributed by atoms with E-state index < -0.39 is 41.6 Å². The summed E-state index contributed by atoms with van der Waals surface area (Å²) in [5.41, 5.74) is -0.633. The van der Waals surface area contributed by atoms with E-state index in [2.05, 4.69) is 16.7 Å². The van der Waals surface area contributed by atoms with Crippen LogP contribution in [-0.2, 0) is 14.3 Å². The van der Waals surface area contributed by atoms with E-state index in [-0.39, 0.29) is 11.3 Å². The number of aromatic hydroxyl groups is 1. The number of alkyl carbamates (subject to hydrolysis) is 1. The first-order chi connectivity index (χ1) is 13.7. The summed E-state index contributed by atoms with van der Waals surface area (Å²) >= 11 is 0. The zero-order chi connectivity index (χ0) is 23.3. The van der Waals surface area contributed by atoms with E-state index in [0.29, 0.717) is 5.56 Å². The molecule has 0 aromatic heterocycles. The Morgan fingerprint density at radius 3 is 2.30 bits per heavy atom. The maximum absolute atomic E-state index is 13.0. The van der Waals surface area contributed by atoms with Crippen LogP contribution in [0.4, 0.5) is 4.79 Å². The van der Waals surface area contributed by atoms with Crippen molar-refractivity contribution < 1.29 is 24.2 Å². The minimum absolute atomic E-state index is 0.139. The van der Waals surface area contributed by atoms with Crippen molar-refractivity contribution in [2.45, 2.75) is 65.6 Å². The highest BCUT2D eigenvalue weighted by Crippen LogP contribution is 2.31. The molecule has 1 unspecified atom stereocenters. The standard InChI is InChI=1S/C22H31N3O5/c1-9-25(16(26)13-23-20(29)30-22(6,7)8)17(19(28)24-21(3,4)5)15-12-10-11-14(2)18(15)27/h1,10-12,17,27H,13H2,2-8H3,(H,23,29)(H,24,28). The Labute approximate surface area is 178 Å². The Bertz CT molecular complexity index is 844. The summed E-state index contributed by atoms with van der Waals surface area (Å²) in [4.78, 5) is 38.5. The summed E-state index contributed by atoms with van der Waals surface area (Å²) < 4.78 is 5.10. The lowest BCUT2D eigenvalue weighted by Crippen LogP contribution is -2.49. The molecule has 0 spiro atoms. The molecule has 0 aliphatic carbocycles. The maximum Gasteiger partial charge on any atom is 0.408 e. The van der Waals surface area contributed by atoms with Gasteiger partial charge in [-0.25, -0.2) is 4.79 Å². The molecule has 0 heterocycles. The fraction of sp³-hybridized carbons (Fsp3) is 0.500. The van der Waals surface area contributed by atoms with Crippen molar-refractivity contribution in [1.29, 1.82) is 0 Å². The first-order valence-electron chi connectivity index (χ1n) is 9.52. The maximum atomic E-state index is 13.0. The zero-order valence-corrected chi connectivity index (χ0v) is 18.6. The molecule has 0 aliphatic rings. The fourth-order valence-electron chi connectivity index (χ4n) is 2.58. The zero-order valence-electron chi connectivity index (χ0n) is 18.6. The van der Waals surface area contributed by atoms with Crippen LogP contribution in [0, 0.1) is 19.4 Å². The molecule has 164 valence electrons. The number of benzene rings is 1. The molecule has 8 heteroatoms. The molecule has 3 N–H and O–H groups in total. The van der Waals surface area contributed by atoms with Gasteiger partial charge in [-0.05, 0) is 54.0 Å². The minimum Gasteiger partial charge on any atom is -0.507 e. The largest absolute Gasteiger partial charge is 0.507 e. The van der Waals surface area contributed by atoms with Gasteiger partial charge in [0.1, 0.15) is 17.9 Å². The van der Waals surface area contributed by atoms with Gasteiger partial charge in [-0.1, -0.05) is 24.6 Å². The van der Waals surface area contributed by atoms with Gasteiger partial charge in [-0.2, -0.15) is 0 Å². The predicted molar refractivity (Wildman–Crippen MR) is 113 cm³/mol. The smallest absolute Gasteiger partial charge is 0.408 e. The van der Waals surface area contributed by atoms with Gasteiger partial charge in [-0.3, -0.25) is 14.5 Å². The number of carbonyl (C=O) groups excluding carboxylic acids is 3. The predicted octanol–water partition coefficient (Wildman–Crippen LogP) is 2.60. The molecule has 1 aromatic rings. The second kappa shape index (κ2) is 9.53. The Balaban J connectivity index is 3.21.